The summed E-state index contributed by atoms with van der Waals surface area (Å²) in [4.78, 5) is 8.79. The molecule has 0 aliphatic carbocycles. The lowest BCUT2D eigenvalue weighted by molar-refractivity contribution is 0.509. The van der Waals surface area contributed by atoms with Gasteiger partial charge in [0.15, 0.2) is 0 Å². The fraction of sp³-hybridized carbons (Fsp3) is 0.429. The topological polar surface area (TPSA) is 42.7 Å². The molecule has 0 bridgehead atoms. The number of nitrogens with zero attached hydrogens (tertiary/aromatic N) is 3. The smallest absolute Gasteiger partial charge is 0.128 e. The highest BCUT2D eigenvalue weighted by Crippen LogP contribution is 2.08. The third-order valence-corrected chi connectivity index (χ3v) is 2.68. The van der Waals surface area contributed by atoms with Crippen molar-refractivity contribution >= 4 is 5.82 Å². The van der Waals surface area contributed by atoms with E-state index in [1.807, 2.05) is 37.5 Å². The van der Waals surface area contributed by atoms with Crippen LogP contribution in [-0.2, 0) is 13.1 Å². The zero-order valence-corrected chi connectivity index (χ0v) is 11.2. The molecule has 2 rings (SSSR count). The Balaban J connectivity index is 2.00. The summed E-state index contributed by atoms with van der Waals surface area (Å²) in [5.41, 5.74) is 1.02. The van der Waals surface area contributed by atoms with Gasteiger partial charge >= 0.3 is 0 Å². The minimum atomic E-state index is 0.620. The minimum absolute atomic E-state index is 0.620. The second kappa shape index (κ2) is 5.67. The molecule has 0 atom stereocenters. The number of hydrogen-bond acceptors (Lipinski definition) is 3. The van der Waals surface area contributed by atoms with E-state index < -0.39 is 0 Å². The first kappa shape index (κ1) is 12.6. The van der Waals surface area contributed by atoms with Crippen LogP contribution >= 0.6 is 0 Å². The third-order valence-electron chi connectivity index (χ3n) is 2.68. The van der Waals surface area contributed by atoms with Crippen LogP contribution in [0.3, 0.4) is 0 Å². The number of rotatable bonds is 5. The van der Waals surface area contributed by atoms with Gasteiger partial charge in [0, 0.05) is 24.6 Å². The highest BCUT2D eigenvalue weighted by molar-refractivity contribution is 5.35. The average Bonchev–Trinajstić information content (AvgIpc) is 2.73. The van der Waals surface area contributed by atoms with E-state index in [1.54, 1.807) is 0 Å². The largest absolute Gasteiger partial charge is 0.363 e. The molecule has 0 amide bonds. The summed E-state index contributed by atoms with van der Waals surface area (Å²) in [6.07, 6.45) is 3.88. The molecule has 18 heavy (non-hydrogen) atoms. The van der Waals surface area contributed by atoms with Crippen LogP contribution in [0, 0.1) is 12.8 Å². The number of anilines is 1. The summed E-state index contributed by atoms with van der Waals surface area (Å²) in [5.74, 6) is 2.57. The van der Waals surface area contributed by atoms with Gasteiger partial charge in [-0.05, 0) is 25.0 Å². The Morgan fingerprint density at radius 3 is 2.89 bits per heavy atom. The van der Waals surface area contributed by atoms with Crippen LogP contribution in [-0.4, -0.2) is 14.5 Å². The van der Waals surface area contributed by atoms with Crippen molar-refractivity contribution in [3.05, 3.63) is 42.1 Å². The molecule has 2 aromatic rings. The Morgan fingerprint density at radius 2 is 2.17 bits per heavy atom. The Labute approximate surface area is 108 Å². The first-order valence-corrected chi connectivity index (χ1v) is 6.32. The summed E-state index contributed by atoms with van der Waals surface area (Å²) in [6, 6.07) is 5.97. The molecule has 4 heteroatoms. The monoisotopic (exact) mass is 244 g/mol. The quantitative estimate of drug-likeness (QED) is 0.879. The zero-order valence-electron chi connectivity index (χ0n) is 11.2. The van der Waals surface area contributed by atoms with Crippen molar-refractivity contribution in [1.82, 2.24) is 14.5 Å². The van der Waals surface area contributed by atoms with Crippen LogP contribution in [0.5, 0.6) is 0 Å². The highest BCUT2D eigenvalue weighted by atomic mass is 15.1. The molecular weight excluding hydrogens is 224 g/mol. The molecule has 2 aromatic heterocycles. The summed E-state index contributed by atoms with van der Waals surface area (Å²) in [7, 11) is 0. The van der Waals surface area contributed by atoms with Gasteiger partial charge in [0.25, 0.3) is 0 Å². The lowest BCUT2D eigenvalue weighted by Gasteiger charge is -2.11. The van der Waals surface area contributed by atoms with E-state index in [4.69, 9.17) is 0 Å². The molecule has 0 saturated heterocycles. The van der Waals surface area contributed by atoms with Gasteiger partial charge in [0.05, 0.1) is 6.54 Å². The molecule has 96 valence electrons. The highest BCUT2D eigenvalue weighted by Gasteiger charge is 2.04. The SMILES string of the molecule is Cc1cccc(NCc2nccn2CC(C)C)n1. The van der Waals surface area contributed by atoms with E-state index >= 15 is 0 Å². The maximum absolute atomic E-state index is 4.42. The zero-order chi connectivity index (χ0) is 13.0. The fourth-order valence-electron chi connectivity index (χ4n) is 1.88. The van der Waals surface area contributed by atoms with Gasteiger partial charge in [-0.15, -0.1) is 0 Å². The van der Waals surface area contributed by atoms with E-state index in [0.717, 1.165) is 23.9 Å². The third kappa shape index (κ3) is 3.32. The van der Waals surface area contributed by atoms with Gasteiger partial charge in [0.2, 0.25) is 0 Å². The van der Waals surface area contributed by atoms with E-state index in [2.05, 4.69) is 33.7 Å². The van der Waals surface area contributed by atoms with Crippen LogP contribution in [0.15, 0.2) is 30.6 Å². The van der Waals surface area contributed by atoms with Gasteiger partial charge in [-0.25, -0.2) is 9.97 Å². The maximum Gasteiger partial charge on any atom is 0.128 e. The maximum atomic E-state index is 4.42. The van der Waals surface area contributed by atoms with Crippen LogP contribution in [0.1, 0.15) is 25.4 Å². The Morgan fingerprint density at radius 1 is 1.33 bits per heavy atom. The second-order valence-corrected chi connectivity index (χ2v) is 4.91. The van der Waals surface area contributed by atoms with Crippen molar-refractivity contribution in [3.8, 4) is 0 Å². The van der Waals surface area contributed by atoms with E-state index in [0.29, 0.717) is 12.5 Å². The summed E-state index contributed by atoms with van der Waals surface area (Å²) >= 11 is 0. The summed E-state index contributed by atoms with van der Waals surface area (Å²) in [6.45, 7) is 8.11. The van der Waals surface area contributed by atoms with E-state index in [9.17, 15) is 0 Å². The molecule has 0 aromatic carbocycles. The molecular formula is C14H20N4. The van der Waals surface area contributed by atoms with Crippen molar-refractivity contribution in [2.24, 2.45) is 5.92 Å². The Bertz CT molecular complexity index is 502. The predicted molar refractivity (Wildman–Crippen MR) is 73.4 cm³/mol. The molecule has 0 aliphatic rings. The van der Waals surface area contributed by atoms with Gasteiger partial charge in [0.1, 0.15) is 11.6 Å². The molecule has 0 fully saturated rings. The van der Waals surface area contributed by atoms with Crippen molar-refractivity contribution in [2.75, 3.05) is 5.32 Å². The Hall–Kier alpha value is -1.84. The van der Waals surface area contributed by atoms with Crippen LogP contribution in [0.25, 0.3) is 0 Å². The lowest BCUT2D eigenvalue weighted by atomic mass is 10.2. The first-order chi connectivity index (χ1) is 8.65. The molecule has 2 heterocycles. The normalized spacial score (nSPS) is 10.9. The van der Waals surface area contributed by atoms with Crippen LogP contribution in [0.2, 0.25) is 0 Å². The van der Waals surface area contributed by atoms with Crippen LogP contribution < -0.4 is 5.32 Å². The van der Waals surface area contributed by atoms with Gasteiger partial charge < -0.3 is 9.88 Å². The van der Waals surface area contributed by atoms with Crippen molar-refractivity contribution < 1.29 is 0 Å². The standard InChI is InChI=1S/C14H20N4/c1-11(2)10-18-8-7-15-14(18)9-16-13-6-4-5-12(3)17-13/h4-8,11H,9-10H2,1-3H3,(H,16,17). The molecule has 0 aliphatic heterocycles. The van der Waals surface area contributed by atoms with Crippen molar-refractivity contribution in [1.29, 1.82) is 0 Å². The Kier molecular flexibility index (Phi) is 3.97. The molecule has 1 N–H and O–H groups in total. The van der Waals surface area contributed by atoms with E-state index in [1.165, 1.54) is 0 Å². The molecule has 0 saturated carbocycles. The van der Waals surface area contributed by atoms with Gasteiger partial charge in [-0.3, -0.25) is 0 Å². The van der Waals surface area contributed by atoms with Crippen molar-refractivity contribution in [2.45, 2.75) is 33.9 Å². The van der Waals surface area contributed by atoms with E-state index in [-0.39, 0.29) is 0 Å². The second-order valence-electron chi connectivity index (χ2n) is 4.91. The van der Waals surface area contributed by atoms with Crippen molar-refractivity contribution in [3.63, 3.8) is 0 Å². The molecule has 4 nitrogen and oxygen atoms in total. The lowest BCUT2D eigenvalue weighted by Crippen LogP contribution is -2.12. The number of aromatic nitrogens is 3. The number of imidazole rings is 1. The minimum Gasteiger partial charge on any atom is -0.363 e. The molecule has 0 unspecified atom stereocenters. The number of nitrogens with one attached hydrogen (secondary N) is 1. The average molecular weight is 244 g/mol. The molecule has 0 radical (unpaired) electrons. The number of aryl methyl sites for hydroxylation is 1. The fourth-order valence-corrected chi connectivity index (χ4v) is 1.88. The van der Waals surface area contributed by atoms with Crippen LogP contribution in [0.4, 0.5) is 5.82 Å². The number of hydrogen-bond donors (Lipinski definition) is 1. The molecule has 0 spiro atoms. The first-order valence-electron chi connectivity index (χ1n) is 6.32. The summed E-state index contributed by atoms with van der Waals surface area (Å²) < 4.78 is 2.19. The number of pyridine rings is 1. The summed E-state index contributed by atoms with van der Waals surface area (Å²) in [5, 5.41) is 3.31. The van der Waals surface area contributed by atoms with Gasteiger partial charge in [-0.1, -0.05) is 19.9 Å². The van der Waals surface area contributed by atoms with Gasteiger partial charge in [-0.2, -0.15) is 0 Å². The predicted octanol–water partition coefficient (Wildman–Crippen LogP) is 2.85.